The molecule has 2 nitrogen and oxygen atoms in total. The molecule has 0 radical (unpaired) electrons. The molecule has 0 aromatic rings. The summed E-state index contributed by atoms with van der Waals surface area (Å²) in [5.74, 6) is 0. The highest BCUT2D eigenvalue weighted by Crippen LogP contribution is 2.17. The van der Waals surface area contributed by atoms with Crippen LogP contribution in [0.4, 0.5) is 0 Å². The molecule has 0 aromatic carbocycles. The van der Waals surface area contributed by atoms with E-state index in [1.165, 1.54) is 5.57 Å². The van der Waals surface area contributed by atoms with Gasteiger partial charge in [0.2, 0.25) is 0 Å². The fraction of sp³-hybridized carbons (Fsp3) is 0.800. The summed E-state index contributed by atoms with van der Waals surface area (Å²) < 4.78 is 0. The lowest BCUT2D eigenvalue weighted by atomic mass is 10.0. The Morgan fingerprint density at radius 3 is 2.83 bits per heavy atom. The summed E-state index contributed by atoms with van der Waals surface area (Å²) in [6.07, 6.45) is 1.93. The average Bonchev–Trinajstić information content (AvgIpc) is 1.96. The Hall–Kier alpha value is -0.340. The standard InChI is InChI=1S/C10H19NO/c1-8(2)6-11-7-10(12)5-4-9(11)3/h9-10,12H,1,4-7H2,2-3H3/t9-,10-/m1/s1. The largest absolute Gasteiger partial charge is 0.392 e. The molecule has 1 fully saturated rings. The third kappa shape index (κ3) is 2.61. The number of β-amino-alcohol motifs (C(OH)–C–C–N with tert-alkyl or cyclic N) is 1. The maximum atomic E-state index is 9.44. The highest BCUT2D eigenvalue weighted by atomic mass is 16.3. The zero-order chi connectivity index (χ0) is 9.14. The summed E-state index contributed by atoms with van der Waals surface area (Å²) in [6, 6.07) is 0.602. The normalized spacial score (nSPS) is 31.9. The average molecular weight is 169 g/mol. The number of likely N-dealkylation sites (tertiary alicyclic amines) is 1. The Morgan fingerprint density at radius 1 is 1.58 bits per heavy atom. The number of piperidine rings is 1. The molecular weight excluding hydrogens is 150 g/mol. The van der Waals surface area contributed by atoms with Crippen LogP contribution in [0.25, 0.3) is 0 Å². The van der Waals surface area contributed by atoms with Gasteiger partial charge in [0.05, 0.1) is 6.10 Å². The Kier molecular flexibility index (Phi) is 3.29. The van der Waals surface area contributed by atoms with Gasteiger partial charge in [-0.05, 0) is 26.7 Å². The summed E-state index contributed by atoms with van der Waals surface area (Å²) in [5.41, 5.74) is 1.18. The second-order valence-corrected chi connectivity index (χ2v) is 3.97. The third-order valence-corrected chi connectivity index (χ3v) is 2.46. The first-order valence-corrected chi connectivity index (χ1v) is 4.66. The SMILES string of the molecule is C=C(C)CN1C[C@H](O)CC[C@H]1C. The number of hydrogen-bond acceptors (Lipinski definition) is 2. The van der Waals surface area contributed by atoms with Crippen molar-refractivity contribution in [3.63, 3.8) is 0 Å². The van der Waals surface area contributed by atoms with Gasteiger partial charge in [0, 0.05) is 19.1 Å². The lowest BCUT2D eigenvalue weighted by Crippen LogP contribution is -2.44. The number of hydrogen-bond donors (Lipinski definition) is 1. The smallest absolute Gasteiger partial charge is 0.0668 e. The molecular formula is C10H19NO. The molecule has 0 aromatic heterocycles. The van der Waals surface area contributed by atoms with Gasteiger partial charge in [-0.2, -0.15) is 0 Å². The quantitative estimate of drug-likeness (QED) is 0.632. The maximum absolute atomic E-state index is 9.44. The first kappa shape index (κ1) is 9.75. The maximum Gasteiger partial charge on any atom is 0.0668 e. The van der Waals surface area contributed by atoms with Gasteiger partial charge in [-0.15, -0.1) is 0 Å². The van der Waals surface area contributed by atoms with Crippen molar-refractivity contribution in [1.82, 2.24) is 4.90 Å². The molecule has 0 aliphatic carbocycles. The molecule has 1 heterocycles. The monoisotopic (exact) mass is 169 g/mol. The zero-order valence-electron chi connectivity index (χ0n) is 8.08. The topological polar surface area (TPSA) is 23.5 Å². The fourth-order valence-electron chi connectivity index (χ4n) is 1.73. The van der Waals surface area contributed by atoms with Gasteiger partial charge < -0.3 is 5.11 Å². The van der Waals surface area contributed by atoms with E-state index in [0.717, 1.165) is 25.9 Å². The second-order valence-electron chi connectivity index (χ2n) is 3.97. The van der Waals surface area contributed by atoms with Crippen molar-refractivity contribution in [1.29, 1.82) is 0 Å². The van der Waals surface area contributed by atoms with E-state index in [1.54, 1.807) is 0 Å². The predicted molar refractivity (Wildman–Crippen MR) is 51.1 cm³/mol. The van der Waals surface area contributed by atoms with E-state index in [1.807, 2.05) is 6.92 Å². The summed E-state index contributed by atoms with van der Waals surface area (Å²) in [6.45, 7) is 9.88. The molecule has 0 saturated carbocycles. The molecule has 0 bridgehead atoms. The highest BCUT2D eigenvalue weighted by Gasteiger charge is 2.23. The van der Waals surface area contributed by atoms with Crippen molar-refractivity contribution in [2.75, 3.05) is 13.1 Å². The number of nitrogens with zero attached hydrogens (tertiary/aromatic N) is 1. The molecule has 1 N–H and O–H groups in total. The summed E-state index contributed by atoms with van der Waals surface area (Å²) in [4.78, 5) is 2.30. The van der Waals surface area contributed by atoms with Crippen LogP contribution in [0, 0.1) is 0 Å². The van der Waals surface area contributed by atoms with Crippen molar-refractivity contribution in [3.05, 3.63) is 12.2 Å². The van der Waals surface area contributed by atoms with E-state index >= 15 is 0 Å². The van der Waals surface area contributed by atoms with Crippen LogP contribution in [0.5, 0.6) is 0 Å². The van der Waals surface area contributed by atoms with Crippen LogP contribution >= 0.6 is 0 Å². The van der Waals surface area contributed by atoms with Crippen molar-refractivity contribution in [3.8, 4) is 0 Å². The third-order valence-electron chi connectivity index (χ3n) is 2.46. The van der Waals surface area contributed by atoms with Crippen LogP contribution < -0.4 is 0 Å². The summed E-state index contributed by atoms with van der Waals surface area (Å²) >= 11 is 0. The lowest BCUT2D eigenvalue weighted by molar-refractivity contribution is 0.0468. The molecule has 2 heteroatoms. The van der Waals surface area contributed by atoms with Gasteiger partial charge in [0.1, 0.15) is 0 Å². The molecule has 0 unspecified atom stereocenters. The molecule has 1 rings (SSSR count). The Labute approximate surface area is 74.9 Å². The van der Waals surface area contributed by atoms with Gasteiger partial charge in [-0.25, -0.2) is 0 Å². The molecule has 70 valence electrons. The van der Waals surface area contributed by atoms with Gasteiger partial charge >= 0.3 is 0 Å². The van der Waals surface area contributed by atoms with Gasteiger partial charge in [0.15, 0.2) is 0 Å². The van der Waals surface area contributed by atoms with Crippen molar-refractivity contribution >= 4 is 0 Å². The first-order chi connectivity index (χ1) is 5.59. The van der Waals surface area contributed by atoms with Gasteiger partial charge in [-0.1, -0.05) is 12.2 Å². The first-order valence-electron chi connectivity index (χ1n) is 4.66. The Morgan fingerprint density at radius 2 is 2.25 bits per heavy atom. The highest BCUT2D eigenvalue weighted by molar-refractivity contribution is 4.94. The number of aliphatic hydroxyl groups excluding tert-OH is 1. The van der Waals surface area contributed by atoms with E-state index in [2.05, 4.69) is 18.4 Å². The Balaban J connectivity index is 2.43. The van der Waals surface area contributed by atoms with E-state index in [0.29, 0.717) is 6.04 Å². The molecule has 2 atom stereocenters. The Bertz CT molecular complexity index is 167. The minimum absolute atomic E-state index is 0.124. The minimum Gasteiger partial charge on any atom is -0.392 e. The van der Waals surface area contributed by atoms with Crippen molar-refractivity contribution < 1.29 is 5.11 Å². The molecule has 0 amide bonds. The zero-order valence-corrected chi connectivity index (χ0v) is 8.08. The number of aliphatic hydroxyl groups is 1. The van der Waals surface area contributed by atoms with E-state index in [4.69, 9.17) is 0 Å². The van der Waals surface area contributed by atoms with Crippen LogP contribution in [-0.2, 0) is 0 Å². The lowest BCUT2D eigenvalue weighted by Gasteiger charge is -2.36. The minimum atomic E-state index is -0.124. The van der Waals surface area contributed by atoms with Gasteiger partial charge in [0.25, 0.3) is 0 Å². The second kappa shape index (κ2) is 4.06. The molecule has 12 heavy (non-hydrogen) atoms. The van der Waals surface area contributed by atoms with E-state index in [-0.39, 0.29) is 6.10 Å². The van der Waals surface area contributed by atoms with Crippen LogP contribution in [-0.4, -0.2) is 35.2 Å². The molecule has 1 aliphatic heterocycles. The fourth-order valence-corrected chi connectivity index (χ4v) is 1.73. The molecule has 1 aliphatic rings. The van der Waals surface area contributed by atoms with Crippen LogP contribution in [0.2, 0.25) is 0 Å². The summed E-state index contributed by atoms with van der Waals surface area (Å²) in [5, 5.41) is 9.44. The summed E-state index contributed by atoms with van der Waals surface area (Å²) in [7, 11) is 0. The van der Waals surface area contributed by atoms with E-state index < -0.39 is 0 Å². The van der Waals surface area contributed by atoms with Crippen molar-refractivity contribution in [2.45, 2.75) is 38.8 Å². The predicted octanol–water partition coefficient (Wildman–Crippen LogP) is 1.41. The van der Waals surface area contributed by atoms with Crippen LogP contribution in [0.1, 0.15) is 26.7 Å². The van der Waals surface area contributed by atoms with Crippen molar-refractivity contribution in [2.24, 2.45) is 0 Å². The van der Waals surface area contributed by atoms with Crippen LogP contribution in [0.3, 0.4) is 0 Å². The molecule has 0 spiro atoms. The van der Waals surface area contributed by atoms with E-state index in [9.17, 15) is 5.11 Å². The van der Waals surface area contributed by atoms with Crippen LogP contribution in [0.15, 0.2) is 12.2 Å². The van der Waals surface area contributed by atoms with Gasteiger partial charge in [-0.3, -0.25) is 4.90 Å². The number of rotatable bonds is 2. The molecule has 1 saturated heterocycles.